The minimum Gasteiger partial charge on any atom is -0.380 e. The quantitative estimate of drug-likeness (QED) is 0.582. The molecule has 0 bridgehead atoms. The van der Waals surface area contributed by atoms with Gasteiger partial charge in [0.15, 0.2) is 11.0 Å². The van der Waals surface area contributed by atoms with E-state index in [4.69, 9.17) is 4.74 Å². The van der Waals surface area contributed by atoms with Crippen molar-refractivity contribution in [3.8, 4) is 11.5 Å². The van der Waals surface area contributed by atoms with E-state index in [1.807, 2.05) is 17.7 Å². The second-order valence-electron chi connectivity index (χ2n) is 3.45. The molecule has 0 amide bonds. The van der Waals surface area contributed by atoms with Crippen LogP contribution in [-0.4, -0.2) is 44.2 Å². The van der Waals surface area contributed by atoms with Crippen LogP contribution in [0.4, 0.5) is 0 Å². The van der Waals surface area contributed by atoms with Gasteiger partial charge in [-0.25, -0.2) is 4.98 Å². The van der Waals surface area contributed by atoms with E-state index in [1.165, 1.54) is 0 Å². The summed E-state index contributed by atoms with van der Waals surface area (Å²) < 4.78 is 7.38. The van der Waals surface area contributed by atoms with Crippen molar-refractivity contribution in [2.45, 2.75) is 18.6 Å². The van der Waals surface area contributed by atoms with Gasteiger partial charge in [0.25, 0.3) is 0 Å². The summed E-state index contributed by atoms with van der Waals surface area (Å²) in [5, 5.41) is 9.17. The zero-order chi connectivity index (χ0) is 12.8. The standard InChI is InChI=1S/C11H15N5OS/c1-3-17-7-6-16-10(14-15-11(16)18-2)9-8-12-4-5-13-9/h4-5,8H,3,6-7H2,1-2H3. The van der Waals surface area contributed by atoms with Crippen LogP contribution in [0.15, 0.2) is 23.7 Å². The van der Waals surface area contributed by atoms with E-state index in [9.17, 15) is 0 Å². The second kappa shape index (κ2) is 6.46. The SMILES string of the molecule is CCOCCn1c(SC)nnc1-c1cnccn1. The van der Waals surface area contributed by atoms with Crippen LogP contribution in [0.3, 0.4) is 0 Å². The Hall–Kier alpha value is -1.47. The molecule has 2 aromatic heterocycles. The lowest BCUT2D eigenvalue weighted by molar-refractivity contribution is 0.137. The molecule has 0 saturated carbocycles. The van der Waals surface area contributed by atoms with E-state index in [0.29, 0.717) is 19.8 Å². The number of thioether (sulfide) groups is 1. The fourth-order valence-electron chi connectivity index (χ4n) is 1.55. The molecule has 6 nitrogen and oxygen atoms in total. The maximum absolute atomic E-state index is 5.38. The molecule has 0 saturated heterocycles. The summed E-state index contributed by atoms with van der Waals surface area (Å²) in [5.41, 5.74) is 0.724. The Balaban J connectivity index is 2.27. The van der Waals surface area contributed by atoms with E-state index >= 15 is 0 Å². The van der Waals surface area contributed by atoms with Crippen molar-refractivity contribution in [1.82, 2.24) is 24.7 Å². The molecule has 0 spiro atoms. The Morgan fingerprint density at radius 2 is 2.22 bits per heavy atom. The van der Waals surface area contributed by atoms with Gasteiger partial charge < -0.3 is 4.74 Å². The number of ether oxygens (including phenoxy) is 1. The van der Waals surface area contributed by atoms with E-state index in [2.05, 4.69) is 20.2 Å². The molecule has 0 radical (unpaired) electrons. The maximum Gasteiger partial charge on any atom is 0.191 e. The lowest BCUT2D eigenvalue weighted by Gasteiger charge is -2.08. The van der Waals surface area contributed by atoms with Gasteiger partial charge in [-0.3, -0.25) is 9.55 Å². The largest absolute Gasteiger partial charge is 0.380 e. The highest BCUT2D eigenvalue weighted by molar-refractivity contribution is 7.98. The summed E-state index contributed by atoms with van der Waals surface area (Å²) >= 11 is 1.55. The molecular weight excluding hydrogens is 250 g/mol. The van der Waals surface area contributed by atoms with Crippen molar-refractivity contribution in [2.75, 3.05) is 19.5 Å². The molecule has 0 aliphatic carbocycles. The topological polar surface area (TPSA) is 65.7 Å². The van der Waals surface area contributed by atoms with Crippen molar-refractivity contribution < 1.29 is 4.74 Å². The van der Waals surface area contributed by atoms with Gasteiger partial charge in [0.2, 0.25) is 0 Å². The van der Waals surface area contributed by atoms with Crippen molar-refractivity contribution in [1.29, 1.82) is 0 Å². The third-order valence-electron chi connectivity index (χ3n) is 2.36. The highest BCUT2D eigenvalue weighted by atomic mass is 32.2. The van der Waals surface area contributed by atoms with E-state index in [-0.39, 0.29) is 0 Å². The molecule has 0 aliphatic rings. The van der Waals surface area contributed by atoms with Crippen LogP contribution in [0.25, 0.3) is 11.5 Å². The van der Waals surface area contributed by atoms with Crippen molar-refractivity contribution in [3.63, 3.8) is 0 Å². The monoisotopic (exact) mass is 265 g/mol. The molecule has 18 heavy (non-hydrogen) atoms. The lowest BCUT2D eigenvalue weighted by atomic mass is 10.4. The smallest absolute Gasteiger partial charge is 0.191 e. The fraction of sp³-hybridized carbons (Fsp3) is 0.455. The number of nitrogens with zero attached hydrogens (tertiary/aromatic N) is 5. The van der Waals surface area contributed by atoms with Crippen LogP contribution in [0, 0.1) is 0 Å². The summed E-state index contributed by atoms with van der Waals surface area (Å²) in [5.74, 6) is 0.729. The Morgan fingerprint density at radius 1 is 1.33 bits per heavy atom. The van der Waals surface area contributed by atoms with Crippen LogP contribution in [0.1, 0.15) is 6.92 Å². The van der Waals surface area contributed by atoms with Gasteiger partial charge in [0.1, 0.15) is 5.69 Å². The van der Waals surface area contributed by atoms with Gasteiger partial charge >= 0.3 is 0 Å². The zero-order valence-electron chi connectivity index (χ0n) is 10.4. The van der Waals surface area contributed by atoms with Crippen LogP contribution < -0.4 is 0 Å². The summed E-state index contributed by atoms with van der Waals surface area (Å²) in [6.07, 6.45) is 6.95. The summed E-state index contributed by atoms with van der Waals surface area (Å²) in [6, 6.07) is 0. The Bertz CT molecular complexity index is 487. The molecule has 96 valence electrons. The molecule has 0 unspecified atom stereocenters. The minimum atomic E-state index is 0.634. The molecule has 7 heteroatoms. The summed E-state index contributed by atoms with van der Waals surface area (Å²) in [7, 11) is 0. The van der Waals surface area contributed by atoms with Crippen molar-refractivity contribution in [3.05, 3.63) is 18.6 Å². The Morgan fingerprint density at radius 3 is 2.89 bits per heavy atom. The lowest BCUT2D eigenvalue weighted by Crippen LogP contribution is -2.09. The average Bonchev–Trinajstić information content (AvgIpc) is 2.83. The molecule has 0 aliphatic heterocycles. The van der Waals surface area contributed by atoms with Gasteiger partial charge in [-0.2, -0.15) is 0 Å². The van der Waals surface area contributed by atoms with Crippen LogP contribution in [0.2, 0.25) is 0 Å². The van der Waals surface area contributed by atoms with Crippen molar-refractivity contribution in [2.24, 2.45) is 0 Å². The van der Waals surface area contributed by atoms with Gasteiger partial charge in [-0.05, 0) is 13.2 Å². The molecule has 0 atom stereocenters. The third kappa shape index (κ3) is 2.85. The number of aromatic nitrogens is 5. The number of hydrogen-bond donors (Lipinski definition) is 0. The van der Waals surface area contributed by atoms with E-state index < -0.39 is 0 Å². The molecule has 2 heterocycles. The molecule has 2 aromatic rings. The molecule has 0 aromatic carbocycles. The first-order chi connectivity index (χ1) is 8.86. The van der Waals surface area contributed by atoms with Gasteiger partial charge in [0.05, 0.1) is 19.3 Å². The van der Waals surface area contributed by atoms with Gasteiger partial charge in [-0.1, -0.05) is 11.8 Å². The maximum atomic E-state index is 5.38. The highest BCUT2D eigenvalue weighted by Gasteiger charge is 2.13. The molecule has 0 N–H and O–H groups in total. The zero-order valence-corrected chi connectivity index (χ0v) is 11.2. The summed E-state index contributed by atoms with van der Waals surface area (Å²) in [6.45, 7) is 4.03. The van der Waals surface area contributed by atoms with Crippen molar-refractivity contribution >= 4 is 11.8 Å². The van der Waals surface area contributed by atoms with Crippen LogP contribution in [0.5, 0.6) is 0 Å². The molecule has 2 rings (SSSR count). The van der Waals surface area contributed by atoms with Gasteiger partial charge in [0, 0.05) is 19.0 Å². The fourth-order valence-corrected chi connectivity index (χ4v) is 2.07. The first kappa shape index (κ1) is 13.0. The average molecular weight is 265 g/mol. The Labute approximate surface area is 110 Å². The highest BCUT2D eigenvalue weighted by Crippen LogP contribution is 2.20. The minimum absolute atomic E-state index is 0.634. The van der Waals surface area contributed by atoms with Gasteiger partial charge in [-0.15, -0.1) is 10.2 Å². The van der Waals surface area contributed by atoms with E-state index in [1.54, 1.807) is 30.4 Å². The predicted molar refractivity (Wildman–Crippen MR) is 69.3 cm³/mol. The third-order valence-corrected chi connectivity index (χ3v) is 3.02. The van der Waals surface area contributed by atoms with Crippen LogP contribution >= 0.6 is 11.8 Å². The summed E-state index contributed by atoms with van der Waals surface area (Å²) in [4.78, 5) is 8.30. The van der Waals surface area contributed by atoms with Crippen LogP contribution in [-0.2, 0) is 11.3 Å². The molecular formula is C11H15N5OS. The molecule has 0 fully saturated rings. The first-order valence-corrected chi connectivity index (χ1v) is 6.90. The van der Waals surface area contributed by atoms with E-state index in [0.717, 1.165) is 16.7 Å². The number of hydrogen-bond acceptors (Lipinski definition) is 6. The Kier molecular flexibility index (Phi) is 4.66. The predicted octanol–water partition coefficient (Wildman–Crippen LogP) is 1.49. The number of rotatable bonds is 6. The first-order valence-electron chi connectivity index (χ1n) is 5.68. The normalized spacial score (nSPS) is 10.8. The second-order valence-corrected chi connectivity index (χ2v) is 4.22.